The van der Waals surface area contributed by atoms with Crippen LogP contribution in [0.4, 0.5) is 17.6 Å². The minimum Gasteiger partial charge on any atom is -0.335 e. The van der Waals surface area contributed by atoms with Gasteiger partial charge in [-0.15, -0.1) is 0 Å². The minimum absolute atomic E-state index is 0.106. The lowest BCUT2D eigenvalue weighted by Gasteiger charge is -2.28. The van der Waals surface area contributed by atoms with E-state index in [-0.39, 0.29) is 23.0 Å². The Balaban J connectivity index is 1.78. The number of benzene rings is 2. The lowest BCUT2D eigenvalue weighted by atomic mass is 10.1. The number of hydrogen-bond donors (Lipinski definition) is 0. The molecular formula is C23H20F4N2O2. The van der Waals surface area contributed by atoms with Crippen LogP contribution >= 0.6 is 0 Å². The highest BCUT2D eigenvalue weighted by Gasteiger charge is 2.37. The van der Waals surface area contributed by atoms with Crippen molar-refractivity contribution in [3.8, 4) is 0 Å². The summed E-state index contributed by atoms with van der Waals surface area (Å²) >= 11 is 0. The van der Waals surface area contributed by atoms with Gasteiger partial charge in [0.1, 0.15) is 11.5 Å². The van der Waals surface area contributed by atoms with Crippen LogP contribution in [-0.4, -0.2) is 28.0 Å². The molecule has 0 N–H and O–H groups in total. The summed E-state index contributed by atoms with van der Waals surface area (Å²) < 4.78 is 56.6. The number of carbonyl (C=O) groups is 1. The Hall–Kier alpha value is -3.16. The van der Waals surface area contributed by atoms with Crippen LogP contribution < -0.4 is 5.43 Å². The largest absolute Gasteiger partial charge is 0.431 e. The van der Waals surface area contributed by atoms with Crippen LogP contribution in [0.15, 0.2) is 53.3 Å². The predicted molar refractivity (Wildman–Crippen MR) is 108 cm³/mol. The van der Waals surface area contributed by atoms with Gasteiger partial charge >= 0.3 is 6.18 Å². The number of amides is 1. The van der Waals surface area contributed by atoms with Gasteiger partial charge in [0, 0.05) is 30.6 Å². The summed E-state index contributed by atoms with van der Waals surface area (Å²) in [5.74, 6) is -1.21. The van der Waals surface area contributed by atoms with Gasteiger partial charge in [-0.1, -0.05) is 23.8 Å². The van der Waals surface area contributed by atoms with Crippen LogP contribution in [-0.2, 0) is 12.7 Å². The molecule has 8 heteroatoms. The van der Waals surface area contributed by atoms with Crippen molar-refractivity contribution in [3.63, 3.8) is 0 Å². The third kappa shape index (κ3) is 3.94. The quantitative estimate of drug-likeness (QED) is 0.560. The molecule has 2 aromatic carbocycles. The van der Waals surface area contributed by atoms with E-state index in [1.807, 2.05) is 0 Å². The molecule has 0 spiro atoms. The van der Waals surface area contributed by atoms with Crippen molar-refractivity contribution >= 4 is 16.8 Å². The zero-order valence-electron chi connectivity index (χ0n) is 16.7. The Morgan fingerprint density at radius 3 is 2.58 bits per heavy atom. The smallest absolute Gasteiger partial charge is 0.335 e. The Kier molecular flexibility index (Phi) is 5.33. The van der Waals surface area contributed by atoms with Crippen molar-refractivity contribution in [2.24, 2.45) is 0 Å². The molecule has 0 radical (unpaired) electrons. The molecule has 1 saturated heterocycles. The third-order valence-corrected chi connectivity index (χ3v) is 5.69. The highest BCUT2D eigenvalue weighted by molar-refractivity contribution is 5.94. The number of alkyl halides is 3. The van der Waals surface area contributed by atoms with E-state index < -0.39 is 35.1 Å². The fraction of sp³-hybridized carbons (Fsp3) is 0.304. The molecule has 4 nitrogen and oxygen atoms in total. The lowest BCUT2D eigenvalue weighted by molar-refractivity contribution is -0.143. The number of aryl methyl sites for hydroxylation is 1. The van der Waals surface area contributed by atoms with Gasteiger partial charge in [-0.05, 0) is 44.0 Å². The maximum atomic E-state index is 14.1. The Labute approximate surface area is 175 Å². The standard InChI is InChI=1S/C23H20F4N2O2/c1-14-8-9-19-17(11-14)20(30)12-21(23(25,26)27)29(19)13-15-5-4-10-28(15)22(31)16-6-2-3-7-18(16)24/h2-3,6-9,11-12,15H,4-5,10,13H2,1H3/t15-/m1/s1. The van der Waals surface area contributed by atoms with Crippen LogP contribution in [0.1, 0.15) is 34.5 Å². The molecule has 31 heavy (non-hydrogen) atoms. The summed E-state index contributed by atoms with van der Waals surface area (Å²) in [7, 11) is 0. The molecule has 0 saturated carbocycles. The molecule has 162 valence electrons. The Morgan fingerprint density at radius 1 is 1.13 bits per heavy atom. The molecule has 1 aliphatic heterocycles. The average molecular weight is 432 g/mol. The van der Waals surface area contributed by atoms with Crippen molar-refractivity contribution in [1.29, 1.82) is 0 Å². The second kappa shape index (κ2) is 7.83. The van der Waals surface area contributed by atoms with Crippen LogP contribution in [0.3, 0.4) is 0 Å². The molecule has 1 aromatic heterocycles. The summed E-state index contributed by atoms with van der Waals surface area (Å²) in [6.45, 7) is 1.94. The second-order valence-corrected chi connectivity index (χ2v) is 7.80. The number of hydrogen-bond acceptors (Lipinski definition) is 2. The first-order valence-corrected chi connectivity index (χ1v) is 9.93. The highest BCUT2D eigenvalue weighted by Crippen LogP contribution is 2.32. The normalized spacial score (nSPS) is 16.8. The van der Waals surface area contributed by atoms with E-state index in [1.54, 1.807) is 25.1 Å². The van der Waals surface area contributed by atoms with E-state index in [0.29, 0.717) is 25.5 Å². The SMILES string of the molecule is Cc1ccc2c(c1)c(=O)cc(C(F)(F)F)n2C[C@H]1CCCN1C(=O)c1ccccc1F. The molecule has 1 fully saturated rings. The number of nitrogens with zero attached hydrogens (tertiary/aromatic N) is 2. The number of pyridine rings is 1. The lowest BCUT2D eigenvalue weighted by Crippen LogP contribution is -2.39. The maximum Gasteiger partial charge on any atom is 0.431 e. The maximum absolute atomic E-state index is 14.1. The predicted octanol–water partition coefficient (Wildman–Crippen LogP) is 4.77. The van der Waals surface area contributed by atoms with Crippen LogP contribution in [0.25, 0.3) is 10.9 Å². The van der Waals surface area contributed by atoms with Crippen molar-refractivity contribution < 1.29 is 22.4 Å². The van der Waals surface area contributed by atoms with Crippen LogP contribution in [0.5, 0.6) is 0 Å². The molecule has 0 unspecified atom stereocenters. The number of likely N-dealkylation sites (tertiary alicyclic amines) is 1. The topological polar surface area (TPSA) is 42.3 Å². The monoisotopic (exact) mass is 432 g/mol. The summed E-state index contributed by atoms with van der Waals surface area (Å²) in [5.41, 5.74) is -0.943. The number of carbonyl (C=O) groups excluding carboxylic acids is 1. The van der Waals surface area contributed by atoms with E-state index in [9.17, 15) is 27.2 Å². The van der Waals surface area contributed by atoms with Crippen LogP contribution in [0, 0.1) is 12.7 Å². The number of fused-ring (bicyclic) bond motifs is 1. The summed E-state index contributed by atoms with van der Waals surface area (Å²) in [5, 5.41) is 0.193. The fourth-order valence-electron chi connectivity index (χ4n) is 4.22. The number of rotatable bonds is 3. The first-order chi connectivity index (χ1) is 14.7. The van der Waals surface area contributed by atoms with Gasteiger partial charge in [0.2, 0.25) is 0 Å². The molecule has 0 aliphatic carbocycles. The summed E-state index contributed by atoms with van der Waals surface area (Å²) in [6.07, 6.45) is -3.66. The van der Waals surface area contributed by atoms with Gasteiger partial charge in [-0.3, -0.25) is 9.59 Å². The van der Waals surface area contributed by atoms with Gasteiger partial charge in [0.25, 0.3) is 5.91 Å². The van der Waals surface area contributed by atoms with Gasteiger partial charge in [-0.2, -0.15) is 13.2 Å². The first kappa shape index (κ1) is 21.1. The van der Waals surface area contributed by atoms with Crippen molar-refractivity contribution in [3.05, 3.63) is 81.4 Å². The third-order valence-electron chi connectivity index (χ3n) is 5.69. The summed E-state index contributed by atoms with van der Waals surface area (Å²) in [6, 6.07) is 10.3. The van der Waals surface area contributed by atoms with E-state index >= 15 is 0 Å². The van der Waals surface area contributed by atoms with E-state index in [0.717, 1.165) is 10.1 Å². The molecule has 0 bridgehead atoms. The molecule has 4 rings (SSSR count). The van der Waals surface area contributed by atoms with E-state index in [4.69, 9.17) is 0 Å². The summed E-state index contributed by atoms with van der Waals surface area (Å²) in [4.78, 5) is 26.7. The molecule has 1 atom stereocenters. The van der Waals surface area contributed by atoms with Gasteiger partial charge in [0.05, 0.1) is 11.1 Å². The average Bonchev–Trinajstić information content (AvgIpc) is 3.17. The fourth-order valence-corrected chi connectivity index (χ4v) is 4.22. The van der Waals surface area contributed by atoms with E-state index in [1.165, 1.54) is 29.2 Å². The van der Waals surface area contributed by atoms with Crippen molar-refractivity contribution in [1.82, 2.24) is 9.47 Å². The first-order valence-electron chi connectivity index (χ1n) is 9.93. The zero-order chi connectivity index (χ0) is 22.3. The van der Waals surface area contributed by atoms with Crippen molar-refractivity contribution in [2.45, 2.75) is 38.5 Å². The molecule has 3 aromatic rings. The Morgan fingerprint density at radius 2 is 1.87 bits per heavy atom. The molecule has 1 aliphatic rings. The number of aromatic nitrogens is 1. The second-order valence-electron chi connectivity index (χ2n) is 7.80. The van der Waals surface area contributed by atoms with Gasteiger partial charge < -0.3 is 9.47 Å². The molecular weight excluding hydrogens is 412 g/mol. The Bertz CT molecular complexity index is 1220. The van der Waals surface area contributed by atoms with Crippen molar-refractivity contribution in [2.75, 3.05) is 6.54 Å². The number of halogens is 4. The minimum atomic E-state index is -4.74. The highest BCUT2D eigenvalue weighted by atomic mass is 19.4. The molecule has 1 amide bonds. The van der Waals surface area contributed by atoms with E-state index in [2.05, 4.69) is 0 Å². The van der Waals surface area contributed by atoms with Gasteiger partial charge in [0.15, 0.2) is 5.43 Å². The van der Waals surface area contributed by atoms with Gasteiger partial charge in [-0.25, -0.2) is 4.39 Å². The van der Waals surface area contributed by atoms with Crippen LogP contribution in [0.2, 0.25) is 0 Å². The molecule has 2 heterocycles. The zero-order valence-corrected chi connectivity index (χ0v) is 16.7.